The normalized spacial score (nSPS) is 21.8. The smallest absolute Gasteiger partial charge is 0.354 e. The Bertz CT molecular complexity index is 1640. The largest absolute Gasteiger partial charge is 0.469 e. The number of carbonyl (C=O) groups is 6. The molecule has 1 fully saturated rings. The van der Waals surface area contributed by atoms with Crippen LogP contribution < -0.4 is 4.90 Å². The number of hydrogen-bond acceptors (Lipinski definition) is 11. The fraction of sp³-hybridized carbons (Fsp3) is 0.412. The molecule has 3 atom stereocenters. The van der Waals surface area contributed by atoms with Gasteiger partial charge in [0.05, 0.1) is 46.9 Å². The standard InChI is InChI=1S/C34H37ClN2O10/c1-7-8-15-36-25-14-13-22(35)16-23(25)34(31(36)42)24(29(40)21-11-9-20(2)10-12-21)19-37(26(30(41)46-5)17-27(38)44-3)33(34,32(43)47-6)18-28(39)45-4/h9-14,16-17,24H,7-8,15,18-19H2,1-6H3/b26-17+/t24-,33-,34+/m0/s1. The number of anilines is 1. The van der Waals surface area contributed by atoms with Gasteiger partial charge in [0.15, 0.2) is 11.3 Å². The van der Waals surface area contributed by atoms with E-state index >= 15 is 4.79 Å². The zero-order chi connectivity index (χ0) is 34.7. The molecule has 0 N–H and O–H groups in total. The van der Waals surface area contributed by atoms with Crippen molar-refractivity contribution >= 4 is 52.9 Å². The number of carbonyl (C=O) groups excluding carboxylic acids is 6. The summed E-state index contributed by atoms with van der Waals surface area (Å²) >= 11 is 6.56. The van der Waals surface area contributed by atoms with E-state index in [0.29, 0.717) is 18.5 Å². The molecule has 13 heteroatoms. The lowest BCUT2D eigenvalue weighted by atomic mass is 9.58. The van der Waals surface area contributed by atoms with Gasteiger partial charge in [-0.05, 0) is 37.1 Å². The van der Waals surface area contributed by atoms with Crippen LogP contribution in [0.4, 0.5) is 5.69 Å². The first kappa shape index (κ1) is 35.1. The van der Waals surface area contributed by atoms with Crippen LogP contribution in [0.1, 0.15) is 47.7 Å². The molecule has 2 aliphatic rings. The summed E-state index contributed by atoms with van der Waals surface area (Å²) in [5.41, 5.74) is -3.64. The summed E-state index contributed by atoms with van der Waals surface area (Å²) in [6, 6.07) is 11.3. The number of Topliss-reactive ketones (excluding diaryl/α,β-unsaturated/α-hetero) is 1. The van der Waals surface area contributed by atoms with Crippen LogP contribution in [0.25, 0.3) is 0 Å². The van der Waals surface area contributed by atoms with Crippen molar-refractivity contribution in [2.45, 2.75) is 44.1 Å². The first-order valence-corrected chi connectivity index (χ1v) is 15.3. The molecule has 250 valence electrons. The predicted octanol–water partition coefficient (Wildman–Crippen LogP) is 3.55. The molecule has 2 aromatic rings. The zero-order valence-electron chi connectivity index (χ0n) is 27.1. The van der Waals surface area contributed by atoms with Crippen LogP contribution in [0.15, 0.2) is 54.2 Å². The van der Waals surface area contributed by atoms with Gasteiger partial charge in [0.25, 0.3) is 0 Å². The van der Waals surface area contributed by atoms with Crippen LogP contribution in [-0.4, -0.2) is 87.5 Å². The van der Waals surface area contributed by atoms with Gasteiger partial charge in [-0.25, -0.2) is 14.4 Å². The Morgan fingerprint density at radius 3 is 2.21 bits per heavy atom. The second-order valence-electron chi connectivity index (χ2n) is 11.3. The van der Waals surface area contributed by atoms with Crippen LogP contribution >= 0.6 is 11.6 Å². The minimum absolute atomic E-state index is 0.177. The average Bonchev–Trinajstić information content (AvgIpc) is 3.50. The van der Waals surface area contributed by atoms with E-state index < -0.39 is 71.1 Å². The summed E-state index contributed by atoms with van der Waals surface area (Å²) in [6.07, 6.45) is 1.17. The highest BCUT2D eigenvalue weighted by Gasteiger charge is 2.79. The average molecular weight is 669 g/mol. The minimum Gasteiger partial charge on any atom is -0.469 e. The minimum atomic E-state index is -2.48. The highest BCUT2D eigenvalue weighted by atomic mass is 35.5. The number of likely N-dealkylation sites (tertiary alicyclic amines) is 1. The number of rotatable bonds is 11. The summed E-state index contributed by atoms with van der Waals surface area (Å²) in [7, 11) is 4.28. The summed E-state index contributed by atoms with van der Waals surface area (Å²) in [5, 5.41) is 0.184. The van der Waals surface area contributed by atoms with Crippen LogP contribution in [-0.2, 0) is 48.3 Å². The number of aryl methyl sites for hydroxylation is 1. The first-order chi connectivity index (χ1) is 22.4. The van der Waals surface area contributed by atoms with Crippen LogP contribution in [0, 0.1) is 12.8 Å². The van der Waals surface area contributed by atoms with Gasteiger partial charge < -0.3 is 28.7 Å². The van der Waals surface area contributed by atoms with Gasteiger partial charge in [0.2, 0.25) is 5.91 Å². The number of amides is 1. The molecule has 1 amide bonds. The topological polar surface area (TPSA) is 146 Å². The number of benzene rings is 2. The Labute approximate surface area is 277 Å². The summed E-state index contributed by atoms with van der Waals surface area (Å²) in [5.74, 6) is -6.90. The second-order valence-corrected chi connectivity index (χ2v) is 11.8. The summed E-state index contributed by atoms with van der Waals surface area (Å²) in [6.45, 7) is 3.48. The van der Waals surface area contributed by atoms with E-state index in [0.717, 1.165) is 45.0 Å². The maximum Gasteiger partial charge on any atom is 0.354 e. The number of fused-ring (bicyclic) bond motifs is 2. The maximum absolute atomic E-state index is 15.3. The zero-order valence-corrected chi connectivity index (χ0v) is 27.8. The Balaban J connectivity index is 2.24. The number of ketones is 1. The Hall–Kier alpha value is -4.71. The van der Waals surface area contributed by atoms with Crippen molar-refractivity contribution in [2.24, 2.45) is 5.92 Å². The molecule has 47 heavy (non-hydrogen) atoms. The molecule has 0 aliphatic carbocycles. The first-order valence-electron chi connectivity index (χ1n) is 14.9. The summed E-state index contributed by atoms with van der Waals surface area (Å²) < 4.78 is 20.2. The fourth-order valence-electron chi connectivity index (χ4n) is 6.80. The number of esters is 4. The monoisotopic (exact) mass is 668 g/mol. The fourth-order valence-corrected chi connectivity index (χ4v) is 6.97. The van der Waals surface area contributed by atoms with E-state index in [2.05, 4.69) is 0 Å². The van der Waals surface area contributed by atoms with E-state index in [9.17, 15) is 24.0 Å². The molecule has 4 rings (SSSR count). The molecule has 2 aliphatic heterocycles. The Kier molecular flexibility index (Phi) is 10.4. The number of halogens is 1. The van der Waals surface area contributed by atoms with Crippen LogP contribution in [0.5, 0.6) is 0 Å². The van der Waals surface area contributed by atoms with Crippen molar-refractivity contribution in [3.8, 4) is 0 Å². The van der Waals surface area contributed by atoms with E-state index in [-0.39, 0.29) is 22.7 Å². The van der Waals surface area contributed by atoms with E-state index in [1.165, 1.54) is 11.0 Å². The lowest BCUT2D eigenvalue weighted by molar-refractivity contribution is -0.166. The highest BCUT2D eigenvalue weighted by Crippen LogP contribution is 2.62. The van der Waals surface area contributed by atoms with Crippen LogP contribution in [0.3, 0.4) is 0 Å². The Morgan fingerprint density at radius 1 is 0.957 bits per heavy atom. The van der Waals surface area contributed by atoms with Crippen molar-refractivity contribution in [2.75, 3.05) is 46.4 Å². The molecule has 0 saturated carbocycles. The second kappa shape index (κ2) is 14.0. The molecule has 0 aromatic heterocycles. The molecule has 1 saturated heterocycles. The molecule has 0 radical (unpaired) electrons. The van der Waals surface area contributed by atoms with Gasteiger partial charge in [-0.2, -0.15) is 0 Å². The lowest BCUT2D eigenvalue weighted by Crippen LogP contribution is -2.67. The van der Waals surface area contributed by atoms with E-state index in [1.54, 1.807) is 36.4 Å². The molecule has 2 aromatic carbocycles. The van der Waals surface area contributed by atoms with Crippen molar-refractivity contribution in [1.82, 2.24) is 4.90 Å². The molecular formula is C34H37ClN2O10. The SMILES string of the molecule is CCCCN1C(=O)[C@@]2(c3cc(Cl)ccc31)[C@H](C(=O)c1ccc(C)cc1)CN(/C(=C/C(=O)OC)C(=O)OC)[C@@]2(CC(=O)OC)C(=O)OC. The van der Waals surface area contributed by atoms with Gasteiger partial charge in [0, 0.05) is 29.4 Å². The number of hydrogen-bond donors (Lipinski definition) is 0. The van der Waals surface area contributed by atoms with Crippen LogP contribution in [0.2, 0.25) is 5.02 Å². The Morgan fingerprint density at radius 2 is 1.64 bits per heavy atom. The molecule has 2 heterocycles. The van der Waals surface area contributed by atoms with Crippen molar-refractivity contribution in [3.05, 3.63) is 76.0 Å². The van der Waals surface area contributed by atoms with Crippen molar-refractivity contribution in [3.63, 3.8) is 0 Å². The van der Waals surface area contributed by atoms with Gasteiger partial charge in [-0.15, -0.1) is 0 Å². The van der Waals surface area contributed by atoms with Crippen molar-refractivity contribution < 1.29 is 47.7 Å². The third-order valence-electron chi connectivity index (χ3n) is 8.94. The number of nitrogens with zero attached hydrogens (tertiary/aromatic N) is 2. The molecule has 0 bridgehead atoms. The molecule has 0 unspecified atom stereocenters. The quantitative estimate of drug-likeness (QED) is 0.150. The van der Waals surface area contributed by atoms with E-state index in [1.807, 2.05) is 13.8 Å². The third kappa shape index (κ3) is 5.64. The summed E-state index contributed by atoms with van der Waals surface area (Å²) in [4.78, 5) is 86.8. The molecule has 12 nitrogen and oxygen atoms in total. The number of unbranched alkanes of at least 4 members (excludes halogenated alkanes) is 1. The van der Waals surface area contributed by atoms with Crippen molar-refractivity contribution in [1.29, 1.82) is 0 Å². The number of ether oxygens (including phenoxy) is 4. The van der Waals surface area contributed by atoms with E-state index in [4.69, 9.17) is 30.5 Å². The van der Waals surface area contributed by atoms with Gasteiger partial charge in [-0.1, -0.05) is 54.8 Å². The van der Waals surface area contributed by atoms with Gasteiger partial charge in [-0.3, -0.25) is 14.4 Å². The predicted molar refractivity (Wildman–Crippen MR) is 170 cm³/mol. The lowest BCUT2D eigenvalue weighted by Gasteiger charge is -2.45. The highest BCUT2D eigenvalue weighted by molar-refractivity contribution is 6.31. The number of methoxy groups -OCH3 is 4. The molecule has 1 spiro atoms. The van der Waals surface area contributed by atoms with Gasteiger partial charge >= 0.3 is 23.9 Å². The third-order valence-corrected chi connectivity index (χ3v) is 9.17. The van der Waals surface area contributed by atoms with Gasteiger partial charge in [0.1, 0.15) is 11.1 Å². The maximum atomic E-state index is 15.3. The molecular weight excluding hydrogens is 632 g/mol.